The van der Waals surface area contributed by atoms with Gasteiger partial charge in [0.05, 0.1) is 23.7 Å². The van der Waals surface area contributed by atoms with Crippen LogP contribution in [-0.2, 0) is 6.18 Å². The van der Waals surface area contributed by atoms with Gasteiger partial charge in [-0.3, -0.25) is 0 Å². The number of nitrogens with zero attached hydrogens (tertiary/aromatic N) is 4. The van der Waals surface area contributed by atoms with E-state index in [-0.39, 0.29) is 28.8 Å². The van der Waals surface area contributed by atoms with Gasteiger partial charge in [-0.2, -0.15) is 18.3 Å². The molecule has 0 unspecified atom stereocenters. The van der Waals surface area contributed by atoms with Crippen molar-refractivity contribution in [2.45, 2.75) is 6.18 Å². The summed E-state index contributed by atoms with van der Waals surface area (Å²) in [6, 6.07) is 11.2. The molecule has 0 N–H and O–H groups in total. The largest absolute Gasteiger partial charge is 0.459 e. The summed E-state index contributed by atoms with van der Waals surface area (Å²) in [4.78, 5) is 0. The molecule has 1 aromatic carbocycles. The Labute approximate surface area is 138 Å². The van der Waals surface area contributed by atoms with Crippen molar-refractivity contribution in [2.75, 3.05) is 0 Å². The van der Waals surface area contributed by atoms with Crippen LogP contribution in [0.1, 0.15) is 5.69 Å². The molecule has 25 heavy (non-hydrogen) atoms. The number of furan rings is 1. The Morgan fingerprint density at radius 3 is 2.36 bits per heavy atom. The van der Waals surface area contributed by atoms with Crippen LogP contribution in [0.15, 0.2) is 63.8 Å². The summed E-state index contributed by atoms with van der Waals surface area (Å²) in [6.45, 7) is 0. The Hall–Kier alpha value is -3.36. The van der Waals surface area contributed by atoms with Gasteiger partial charge in [0, 0.05) is 0 Å². The second-order valence-corrected chi connectivity index (χ2v) is 5.04. The summed E-state index contributed by atoms with van der Waals surface area (Å²) in [5.74, 6) is -0.0377. The van der Waals surface area contributed by atoms with E-state index in [1.54, 1.807) is 30.3 Å². The summed E-state index contributed by atoms with van der Waals surface area (Å²) < 4.78 is 52.1. The maximum Gasteiger partial charge on any atom is 0.434 e. The van der Waals surface area contributed by atoms with Crippen LogP contribution in [0.4, 0.5) is 13.2 Å². The van der Waals surface area contributed by atoms with E-state index in [9.17, 15) is 13.2 Å². The van der Waals surface area contributed by atoms with Crippen LogP contribution in [0.2, 0.25) is 0 Å². The first-order valence-corrected chi connectivity index (χ1v) is 7.12. The predicted molar refractivity (Wildman–Crippen MR) is 79.6 cm³/mol. The van der Waals surface area contributed by atoms with Gasteiger partial charge >= 0.3 is 6.18 Å². The molecule has 0 aliphatic rings. The maximum atomic E-state index is 13.6. The highest BCUT2D eigenvalue weighted by molar-refractivity contribution is 5.59. The van der Waals surface area contributed by atoms with Gasteiger partial charge in [-0.25, -0.2) is 4.68 Å². The second kappa shape index (κ2) is 5.62. The van der Waals surface area contributed by atoms with Crippen LogP contribution in [0, 0.1) is 0 Å². The quantitative estimate of drug-likeness (QED) is 0.556. The zero-order chi connectivity index (χ0) is 17.4. The molecular weight excluding hydrogens is 337 g/mol. The monoisotopic (exact) mass is 346 g/mol. The summed E-state index contributed by atoms with van der Waals surface area (Å²) in [5, 5.41) is 11.3. The minimum atomic E-state index is -4.67. The Kier molecular flexibility index (Phi) is 3.41. The van der Waals surface area contributed by atoms with Gasteiger partial charge in [0.15, 0.2) is 11.5 Å². The van der Waals surface area contributed by atoms with Crippen molar-refractivity contribution in [1.29, 1.82) is 0 Å². The van der Waals surface area contributed by atoms with E-state index in [0.717, 1.165) is 10.9 Å². The van der Waals surface area contributed by atoms with Gasteiger partial charge in [0.1, 0.15) is 0 Å². The van der Waals surface area contributed by atoms with Gasteiger partial charge in [0.2, 0.25) is 0 Å². The van der Waals surface area contributed by atoms with Crippen LogP contribution in [0.3, 0.4) is 0 Å². The molecule has 6 nitrogen and oxygen atoms in total. The van der Waals surface area contributed by atoms with E-state index < -0.39 is 11.9 Å². The molecule has 9 heteroatoms. The van der Waals surface area contributed by atoms with Gasteiger partial charge in [-0.1, -0.05) is 18.2 Å². The van der Waals surface area contributed by atoms with Gasteiger partial charge in [-0.05, 0) is 24.3 Å². The SMILES string of the molecule is FC(F)(F)c1c(-c2nnc(-c3ccco3)o2)cnn1-c1ccccc1. The number of aromatic nitrogens is 4. The third-order valence-electron chi connectivity index (χ3n) is 3.43. The van der Waals surface area contributed by atoms with Gasteiger partial charge in [-0.15, -0.1) is 10.2 Å². The molecule has 0 radical (unpaired) electrons. The van der Waals surface area contributed by atoms with E-state index in [1.807, 2.05) is 0 Å². The third-order valence-corrected chi connectivity index (χ3v) is 3.43. The Bertz CT molecular complexity index is 988. The molecule has 126 valence electrons. The number of hydrogen-bond acceptors (Lipinski definition) is 5. The van der Waals surface area contributed by atoms with Crippen molar-refractivity contribution in [3.63, 3.8) is 0 Å². The second-order valence-electron chi connectivity index (χ2n) is 5.04. The fourth-order valence-electron chi connectivity index (χ4n) is 2.37. The number of benzene rings is 1. The molecule has 0 spiro atoms. The third kappa shape index (κ3) is 2.69. The maximum absolute atomic E-state index is 13.6. The number of para-hydroxylation sites is 1. The summed E-state index contributed by atoms with van der Waals surface area (Å²) >= 11 is 0. The molecule has 0 bridgehead atoms. The highest BCUT2D eigenvalue weighted by Crippen LogP contribution is 2.38. The molecule has 0 atom stereocenters. The van der Waals surface area contributed by atoms with E-state index in [0.29, 0.717) is 0 Å². The zero-order valence-electron chi connectivity index (χ0n) is 12.4. The molecule has 3 aromatic heterocycles. The van der Waals surface area contributed by atoms with E-state index in [4.69, 9.17) is 8.83 Å². The smallest absolute Gasteiger partial charge is 0.434 e. The molecular formula is C16H9F3N4O2. The minimum absolute atomic E-state index is 0.0133. The minimum Gasteiger partial charge on any atom is -0.459 e. The van der Waals surface area contributed by atoms with Crippen molar-refractivity contribution in [2.24, 2.45) is 0 Å². The Morgan fingerprint density at radius 1 is 0.920 bits per heavy atom. The van der Waals surface area contributed by atoms with Crippen molar-refractivity contribution in [3.05, 3.63) is 60.6 Å². The average Bonchev–Trinajstić information content (AvgIpc) is 3.33. The van der Waals surface area contributed by atoms with E-state index in [1.165, 1.54) is 18.4 Å². The topological polar surface area (TPSA) is 69.9 Å². The highest BCUT2D eigenvalue weighted by Gasteiger charge is 2.40. The molecule has 4 aromatic rings. The number of rotatable bonds is 3. The normalized spacial score (nSPS) is 11.8. The molecule has 4 rings (SSSR count). The van der Waals surface area contributed by atoms with Crippen LogP contribution < -0.4 is 0 Å². The van der Waals surface area contributed by atoms with Crippen molar-refractivity contribution in [1.82, 2.24) is 20.0 Å². The Balaban J connectivity index is 1.85. The Morgan fingerprint density at radius 2 is 1.68 bits per heavy atom. The summed E-state index contributed by atoms with van der Waals surface area (Å²) in [5.41, 5.74) is -1.03. The lowest BCUT2D eigenvalue weighted by Crippen LogP contribution is -2.14. The first kappa shape index (κ1) is 15.2. The summed E-state index contributed by atoms with van der Waals surface area (Å²) in [7, 11) is 0. The van der Waals surface area contributed by atoms with Crippen LogP contribution >= 0.6 is 0 Å². The molecule has 0 saturated heterocycles. The molecule has 0 amide bonds. The molecule has 0 aliphatic heterocycles. The van der Waals surface area contributed by atoms with Crippen molar-refractivity contribution < 1.29 is 22.0 Å². The van der Waals surface area contributed by atoms with Gasteiger partial charge in [0.25, 0.3) is 11.8 Å². The summed E-state index contributed by atoms with van der Waals surface area (Å²) in [6.07, 6.45) is -2.22. The number of hydrogen-bond donors (Lipinski definition) is 0. The molecule has 3 heterocycles. The van der Waals surface area contributed by atoms with Crippen molar-refractivity contribution in [3.8, 4) is 28.8 Å². The van der Waals surface area contributed by atoms with Crippen molar-refractivity contribution >= 4 is 0 Å². The molecule has 0 saturated carbocycles. The van der Waals surface area contributed by atoms with Crippen LogP contribution in [-0.4, -0.2) is 20.0 Å². The number of halogens is 3. The molecule has 0 fully saturated rings. The fraction of sp³-hybridized carbons (Fsp3) is 0.0625. The average molecular weight is 346 g/mol. The lowest BCUT2D eigenvalue weighted by atomic mass is 10.2. The van der Waals surface area contributed by atoms with Gasteiger partial charge < -0.3 is 8.83 Å². The van der Waals surface area contributed by atoms with Crippen LogP contribution in [0.5, 0.6) is 0 Å². The van der Waals surface area contributed by atoms with E-state index in [2.05, 4.69) is 15.3 Å². The van der Waals surface area contributed by atoms with Crippen LogP contribution in [0.25, 0.3) is 28.8 Å². The number of alkyl halides is 3. The zero-order valence-corrected chi connectivity index (χ0v) is 12.4. The highest BCUT2D eigenvalue weighted by atomic mass is 19.4. The lowest BCUT2D eigenvalue weighted by Gasteiger charge is -2.11. The fourth-order valence-corrected chi connectivity index (χ4v) is 2.37. The predicted octanol–water partition coefficient (Wildman–Crippen LogP) is 4.20. The standard InChI is InChI=1S/C16H9F3N4O2/c17-16(18,19)13-11(9-20-23(13)10-5-2-1-3-6-10)14-21-22-15(25-14)12-7-4-8-24-12/h1-9H. The molecule has 0 aliphatic carbocycles. The first-order chi connectivity index (χ1) is 12.0. The van der Waals surface area contributed by atoms with E-state index >= 15 is 0 Å². The first-order valence-electron chi connectivity index (χ1n) is 7.12. The lowest BCUT2D eigenvalue weighted by molar-refractivity contribution is -0.142.